The first-order valence-electron chi connectivity index (χ1n) is 37.4. The quantitative estimate of drug-likeness (QED) is 0.0379. The van der Waals surface area contributed by atoms with Gasteiger partial charge in [0.05, 0.1) is 116 Å². The molecule has 15 aromatic rings. The highest BCUT2D eigenvalue weighted by atomic mass is 35.5. The van der Waals surface area contributed by atoms with Crippen LogP contribution in [0.2, 0.25) is 5.02 Å². The second-order valence-corrected chi connectivity index (χ2v) is 29.6. The van der Waals surface area contributed by atoms with E-state index in [0.717, 1.165) is 50.6 Å². The van der Waals surface area contributed by atoms with Gasteiger partial charge in [-0.2, -0.15) is 5.26 Å². The molecule has 0 bridgehead atoms. The largest absolute Gasteiger partial charge is 0.343 e. The number of benzene rings is 5. The number of aryl methyl sites for hydroxylation is 2. The van der Waals surface area contributed by atoms with E-state index in [1.165, 1.54) is 102 Å². The minimum atomic E-state index is -0.564. The van der Waals surface area contributed by atoms with Crippen molar-refractivity contribution in [3.8, 4) is 6.07 Å². The van der Waals surface area contributed by atoms with Crippen molar-refractivity contribution >= 4 is 120 Å². The van der Waals surface area contributed by atoms with E-state index in [2.05, 4.69) is 64.8 Å². The second kappa shape index (κ2) is 43.2. The SMILES string of the molecule is CN(c1cccnc1)c1cc(F)cc(C(=O)Cc2nc(C#N)cs2)c1.CN(c1cccnc1)c1cc(F)cc(C(=O)Cc2nccs2)c1.CN(c1cncnc1)c1cc(F)cc(C(=O)Cc2ncccc2F)c1.Cc1ccc(CC(=O)c2cc(F)cc(N(C)c3cncnc3)c2)nc1.Cc1ccnc(CC(=O)c2cc(Cl)cc(N(C)c3cncnc3)c2)c1. The molecule has 0 N–H and O–H groups in total. The van der Waals surface area contributed by atoms with Gasteiger partial charge in [0.1, 0.15) is 64.2 Å². The molecule has 0 radical (unpaired) electrons. The number of halogens is 6. The molecule has 0 saturated carbocycles. The molecule has 0 aliphatic heterocycles. The second-order valence-electron chi connectivity index (χ2n) is 27.2. The predicted octanol–water partition coefficient (Wildman–Crippen LogP) is 18.5. The van der Waals surface area contributed by atoms with Crippen LogP contribution in [0.1, 0.15) is 95.7 Å². The van der Waals surface area contributed by atoms with Gasteiger partial charge < -0.3 is 24.5 Å². The van der Waals surface area contributed by atoms with Gasteiger partial charge in [-0.3, -0.25) is 48.9 Å². The monoisotopic (exact) mass is 1710 g/mol. The van der Waals surface area contributed by atoms with E-state index in [0.29, 0.717) is 66.5 Å². The molecule has 10 aromatic heterocycles. The Hall–Kier alpha value is -14.9. The highest BCUT2D eigenvalue weighted by Crippen LogP contribution is 2.32. The fraction of sp³-hybridized carbons (Fsp3) is 0.132. The number of thiazole rings is 2. The molecule has 10 heterocycles. The standard InChI is InChI=1S/C19H17ClN4O.C19H17FN4O.C18H14F2N4O.C18H13FN4OS.C17H14FN3OS/c1-13-3-4-23-16(5-13)9-19(25)14-6-15(20)8-17(7-14)24(2)18-10-21-12-22-11-18;1-13-3-4-16(23-9-13)8-19(25)14-5-15(20)7-17(6-14)24(2)18-10-21-12-22-11-18;1-24(15-9-21-11-22-10-15)14-6-12(5-13(19)7-14)18(25)8-17-16(20)3-2-4-23-17;1-23(15-3-2-4-21-10-15)16-6-12(5-13(19)7-16)17(24)8-18-22-14(9-20)11-25-18;1-21(14-3-2-4-19-11-14)15-8-12(7-13(18)9-15)16(22)10-17-20-5-6-23-17/h3-8,10-12H,9H2,1-2H3;3-7,9-12H,8H2,1-2H3;2-7,9-11H,8H2,1H3;2-7,10-11H,8H2,1H3;2-9,11H,10H2,1H3. The number of nitriles is 1. The summed E-state index contributed by atoms with van der Waals surface area (Å²) in [6.45, 7) is 3.91. The maximum absolute atomic E-state index is 14.0. The molecule has 0 atom stereocenters. The van der Waals surface area contributed by atoms with Crippen LogP contribution in [-0.2, 0) is 32.1 Å². The number of pyridine rings is 5. The molecule has 0 spiro atoms. The first-order chi connectivity index (χ1) is 59.3. The van der Waals surface area contributed by atoms with Crippen molar-refractivity contribution < 1.29 is 45.9 Å². The van der Waals surface area contributed by atoms with Crippen LogP contribution in [0.5, 0.6) is 0 Å². The van der Waals surface area contributed by atoms with E-state index >= 15 is 0 Å². The van der Waals surface area contributed by atoms with Crippen molar-refractivity contribution in [2.75, 3.05) is 59.7 Å². The maximum atomic E-state index is 14.0. The lowest BCUT2D eigenvalue weighted by Crippen LogP contribution is -2.13. The molecule has 123 heavy (non-hydrogen) atoms. The van der Waals surface area contributed by atoms with Gasteiger partial charge in [-0.05, 0) is 171 Å². The van der Waals surface area contributed by atoms with Gasteiger partial charge in [0, 0.05) is 156 Å². The smallest absolute Gasteiger partial charge is 0.169 e. The van der Waals surface area contributed by atoms with Crippen molar-refractivity contribution in [3.63, 3.8) is 0 Å². The third kappa shape index (κ3) is 25.8. The number of nitrogens with zero attached hydrogens (tertiary/aromatic N) is 19. The van der Waals surface area contributed by atoms with Crippen LogP contribution in [0.4, 0.5) is 78.8 Å². The Morgan fingerprint density at radius 3 is 1.19 bits per heavy atom. The van der Waals surface area contributed by atoms with Crippen molar-refractivity contribution in [1.82, 2.24) is 64.8 Å². The number of anilines is 10. The lowest BCUT2D eigenvalue weighted by molar-refractivity contribution is 0.0982. The average molecular weight is 1710 g/mol. The molecule has 0 amide bonds. The molecule has 5 aromatic carbocycles. The normalized spacial score (nSPS) is 10.5. The Labute approximate surface area is 717 Å². The first-order valence-corrected chi connectivity index (χ1v) is 39.5. The van der Waals surface area contributed by atoms with Crippen LogP contribution < -0.4 is 24.5 Å². The van der Waals surface area contributed by atoms with Crippen LogP contribution in [-0.4, -0.2) is 129 Å². The molecule has 0 aliphatic carbocycles. The molecule has 15 rings (SSSR count). The number of ketones is 5. The summed E-state index contributed by atoms with van der Waals surface area (Å²) >= 11 is 8.88. The number of Topliss-reactive ketones (excluding diaryl/α,β-unsaturated/α-hetero) is 5. The molecule has 0 saturated heterocycles. The minimum Gasteiger partial charge on any atom is -0.343 e. The number of aromatic nitrogens is 13. The van der Waals surface area contributed by atoms with Crippen molar-refractivity contribution in [2.45, 2.75) is 46.0 Å². The van der Waals surface area contributed by atoms with Crippen molar-refractivity contribution in [1.29, 1.82) is 5.26 Å². The van der Waals surface area contributed by atoms with E-state index in [1.807, 2.05) is 73.6 Å². The highest BCUT2D eigenvalue weighted by Gasteiger charge is 2.21. The van der Waals surface area contributed by atoms with Gasteiger partial charge in [0.15, 0.2) is 34.6 Å². The third-order valence-electron chi connectivity index (χ3n) is 18.4. The minimum absolute atomic E-state index is 0.0282. The van der Waals surface area contributed by atoms with Gasteiger partial charge in [0.2, 0.25) is 0 Å². The van der Waals surface area contributed by atoms with Crippen molar-refractivity contribution in [2.24, 2.45) is 0 Å². The summed E-state index contributed by atoms with van der Waals surface area (Å²) < 4.78 is 69.6. The van der Waals surface area contributed by atoms with Gasteiger partial charge in [-0.1, -0.05) is 17.7 Å². The Morgan fingerprint density at radius 1 is 0.366 bits per heavy atom. The van der Waals surface area contributed by atoms with Crippen LogP contribution in [0.3, 0.4) is 0 Å². The zero-order valence-electron chi connectivity index (χ0n) is 67.1. The first kappa shape index (κ1) is 88.9. The molecule has 24 nitrogen and oxygen atoms in total. The van der Waals surface area contributed by atoms with E-state index in [9.17, 15) is 45.9 Å². The summed E-state index contributed by atoms with van der Waals surface area (Å²) in [7, 11) is 8.94. The van der Waals surface area contributed by atoms with Gasteiger partial charge in [-0.25, -0.2) is 61.8 Å². The number of carbonyl (C=O) groups excluding carboxylic acids is 5. The molecular formula is C91H75ClF5N19O5S2. The number of carbonyl (C=O) groups is 5. The zero-order chi connectivity index (χ0) is 87.5. The predicted molar refractivity (Wildman–Crippen MR) is 463 cm³/mol. The average Bonchev–Trinajstić information content (AvgIpc) is 1.26. The maximum Gasteiger partial charge on any atom is 0.169 e. The Kier molecular flexibility index (Phi) is 31.2. The summed E-state index contributed by atoms with van der Waals surface area (Å²) in [4.78, 5) is 124. The van der Waals surface area contributed by atoms with Gasteiger partial charge in [-0.15, -0.1) is 22.7 Å². The van der Waals surface area contributed by atoms with Gasteiger partial charge in [0.25, 0.3) is 0 Å². The number of hydrogen-bond donors (Lipinski definition) is 0. The fourth-order valence-corrected chi connectivity index (χ4v) is 13.3. The Balaban J connectivity index is 0.000000150. The topological polar surface area (TPSA) is 293 Å². The van der Waals surface area contributed by atoms with Crippen LogP contribution in [0, 0.1) is 54.3 Å². The number of rotatable bonds is 25. The Morgan fingerprint density at radius 2 is 0.780 bits per heavy atom. The summed E-state index contributed by atoms with van der Waals surface area (Å²) in [6.07, 6.45) is 27.6. The third-order valence-corrected chi connectivity index (χ3v) is 20.2. The van der Waals surface area contributed by atoms with E-state index < -0.39 is 34.9 Å². The molecular weight excluding hydrogens is 1630 g/mol. The summed E-state index contributed by atoms with van der Waals surface area (Å²) in [5.41, 5.74) is 12.1. The summed E-state index contributed by atoms with van der Waals surface area (Å²) in [6, 6.07) is 41.5. The van der Waals surface area contributed by atoms with Crippen molar-refractivity contribution in [3.05, 3.63) is 374 Å². The van der Waals surface area contributed by atoms with Crippen LogP contribution >= 0.6 is 34.3 Å². The molecule has 32 heteroatoms. The highest BCUT2D eigenvalue weighted by molar-refractivity contribution is 7.10. The molecule has 618 valence electrons. The molecule has 0 aliphatic rings. The van der Waals surface area contributed by atoms with Gasteiger partial charge >= 0.3 is 0 Å². The molecule has 0 unspecified atom stereocenters. The van der Waals surface area contributed by atoms with E-state index in [1.54, 1.807) is 188 Å². The lowest BCUT2D eigenvalue weighted by atomic mass is 10.0. The van der Waals surface area contributed by atoms with E-state index in [-0.39, 0.29) is 77.8 Å². The van der Waals surface area contributed by atoms with Crippen LogP contribution in [0.15, 0.2) is 268 Å². The fourth-order valence-electron chi connectivity index (χ4n) is 11.8. The Bertz CT molecular complexity index is 6180. The zero-order valence-corrected chi connectivity index (χ0v) is 69.5. The van der Waals surface area contributed by atoms with E-state index in [4.69, 9.17) is 16.9 Å². The molecule has 0 fully saturated rings. The van der Waals surface area contributed by atoms with Crippen LogP contribution in [0.25, 0.3) is 0 Å². The lowest BCUT2D eigenvalue weighted by Gasteiger charge is -2.19. The summed E-state index contributed by atoms with van der Waals surface area (Å²) in [5, 5.41) is 14.0. The number of hydrogen-bond acceptors (Lipinski definition) is 26. The summed E-state index contributed by atoms with van der Waals surface area (Å²) in [5.74, 6) is -3.57.